The Labute approximate surface area is 120 Å². The highest BCUT2D eigenvalue weighted by atomic mass is 19.4. The molecular weight excluding hydrogens is 279 g/mol. The molecule has 1 N–H and O–H groups in total. The molecule has 0 unspecified atom stereocenters. The Morgan fingerprint density at radius 1 is 1.14 bits per heavy atom. The van der Waals surface area contributed by atoms with Crippen LogP contribution in [0, 0.1) is 0 Å². The molecule has 3 nitrogen and oxygen atoms in total. The van der Waals surface area contributed by atoms with Crippen molar-refractivity contribution in [1.82, 2.24) is 15.2 Å². The van der Waals surface area contributed by atoms with Crippen LogP contribution < -0.4 is 5.32 Å². The fourth-order valence-electron chi connectivity index (χ4n) is 2.56. The number of alkyl halides is 3. The molecule has 0 spiro atoms. The van der Waals surface area contributed by atoms with E-state index in [1.165, 1.54) is 6.07 Å². The first-order valence-corrected chi connectivity index (χ1v) is 6.91. The Balaban J connectivity index is 1.83. The van der Waals surface area contributed by atoms with Crippen LogP contribution in [-0.4, -0.2) is 36.1 Å². The lowest BCUT2D eigenvalue weighted by molar-refractivity contribution is -0.137. The van der Waals surface area contributed by atoms with E-state index in [4.69, 9.17) is 0 Å². The molecular formula is C15H16F3N3. The predicted molar refractivity (Wildman–Crippen MR) is 74.9 cm³/mol. The topological polar surface area (TPSA) is 28.2 Å². The molecule has 2 heterocycles. The average molecular weight is 295 g/mol. The van der Waals surface area contributed by atoms with Gasteiger partial charge in [0.25, 0.3) is 0 Å². The van der Waals surface area contributed by atoms with Crippen molar-refractivity contribution in [3.05, 3.63) is 41.6 Å². The monoisotopic (exact) mass is 295 g/mol. The molecule has 1 aromatic heterocycles. The summed E-state index contributed by atoms with van der Waals surface area (Å²) >= 11 is 0. The summed E-state index contributed by atoms with van der Waals surface area (Å²) in [5, 5.41) is 4.03. The molecule has 1 saturated heterocycles. The number of nitrogens with zero attached hydrogens (tertiary/aromatic N) is 2. The number of aromatic nitrogens is 1. The number of hydrogen-bond acceptors (Lipinski definition) is 3. The van der Waals surface area contributed by atoms with Gasteiger partial charge in [-0.15, -0.1) is 0 Å². The van der Waals surface area contributed by atoms with E-state index in [0.717, 1.165) is 55.8 Å². The average Bonchev–Trinajstić information content (AvgIpc) is 2.47. The van der Waals surface area contributed by atoms with E-state index in [1.807, 2.05) is 6.07 Å². The van der Waals surface area contributed by atoms with Crippen molar-refractivity contribution >= 4 is 10.9 Å². The third-order valence-electron chi connectivity index (χ3n) is 3.68. The second-order valence-corrected chi connectivity index (χ2v) is 5.27. The van der Waals surface area contributed by atoms with E-state index in [9.17, 15) is 13.2 Å². The molecule has 0 saturated carbocycles. The van der Waals surface area contributed by atoms with E-state index in [2.05, 4.69) is 15.2 Å². The van der Waals surface area contributed by atoms with Gasteiger partial charge in [0.05, 0.1) is 11.1 Å². The zero-order valence-electron chi connectivity index (χ0n) is 11.5. The number of pyridine rings is 1. The molecule has 0 aliphatic carbocycles. The van der Waals surface area contributed by atoms with Crippen LogP contribution in [0.3, 0.4) is 0 Å². The van der Waals surface area contributed by atoms with Gasteiger partial charge in [-0.2, -0.15) is 13.2 Å². The fraction of sp³-hybridized carbons (Fsp3) is 0.400. The van der Waals surface area contributed by atoms with Crippen molar-refractivity contribution in [2.24, 2.45) is 0 Å². The van der Waals surface area contributed by atoms with Crippen LogP contribution in [0.4, 0.5) is 13.2 Å². The summed E-state index contributed by atoms with van der Waals surface area (Å²) in [5.74, 6) is 0. The number of fused-ring (bicyclic) bond motifs is 1. The number of piperazine rings is 1. The van der Waals surface area contributed by atoms with Gasteiger partial charge in [-0.05, 0) is 23.8 Å². The van der Waals surface area contributed by atoms with Gasteiger partial charge in [-0.3, -0.25) is 9.88 Å². The largest absolute Gasteiger partial charge is 0.416 e. The van der Waals surface area contributed by atoms with Crippen LogP contribution in [0.5, 0.6) is 0 Å². The lowest BCUT2D eigenvalue weighted by atomic mass is 10.1. The molecule has 2 aromatic rings. The standard InChI is InChI=1S/C15H16F3N3/c16-15(17,18)13-2-1-12-7-11(9-20-14(12)8-13)10-21-5-3-19-4-6-21/h1-2,7-9,19H,3-6,10H2. The third kappa shape index (κ3) is 3.33. The van der Waals surface area contributed by atoms with Crippen molar-refractivity contribution < 1.29 is 13.2 Å². The van der Waals surface area contributed by atoms with Gasteiger partial charge in [0.1, 0.15) is 0 Å². The second kappa shape index (κ2) is 5.61. The molecule has 3 rings (SSSR count). The van der Waals surface area contributed by atoms with Gasteiger partial charge in [0.2, 0.25) is 0 Å². The maximum atomic E-state index is 12.7. The van der Waals surface area contributed by atoms with Gasteiger partial charge < -0.3 is 5.32 Å². The highest BCUT2D eigenvalue weighted by Gasteiger charge is 2.30. The Morgan fingerprint density at radius 2 is 1.90 bits per heavy atom. The van der Waals surface area contributed by atoms with E-state index < -0.39 is 11.7 Å². The quantitative estimate of drug-likeness (QED) is 0.923. The molecule has 1 aliphatic rings. The molecule has 6 heteroatoms. The van der Waals surface area contributed by atoms with Crippen molar-refractivity contribution in [1.29, 1.82) is 0 Å². The Kier molecular flexibility index (Phi) is 3.82. The minimum absolute atomic E-state index is 0.383. The minimum Gasteiger partial charge on any atom is -0.314 e. The highest BCUT2D eigenvalue weighted by molar-refractivity contribution is 5.79. The van der Waals surface area contributed by atoms with Crippen molar-refractivity contribution in [3.8, 4) is 0 Å². The minimum atomic E-state index is -4.32. The van der Waals surface area contributed by atoms with Crippen LogP contribution in [0.25, 0.3) is 10.9 Å². The van der Waals surface area contributed by atoms with Crippen LogP contribution in [0.15, 0.2) is 30.5 Å². The van der Waals surface area contributed by atoms with E-state index in [0.29, 0.717) is 5.52 Å². The third-order valence-corrected chi connectivity index (χ3v) is 3.68. The summed E-state index contributed by atoms with van der Waals surface area (Å²) in [5.41, 5.74) is 0.760. The number of halogens is 3. The number of hydrogen-bond donors (Lipinski definition) is 1. The maximum absolute atomic E-state index is 12.7. The summed E-state index contributed by atoms with van der Waals surface area (Å²) in [4.78, 5) is 6.49. The maximum Gasteiger partial charge on any atom is 0.416 e. The van der Waals surface area contributed by atoms with Gasteiger partial charge in [0, 0.05) is 44.3 Å². The molecule has 112 valence electrons. The smallest absolute Gasteiger partial charge is 0.314 e. The molecule has 0 bridgehead atoms. The number of nitrogens with one attached hydrogen (secondary N) is 1. The lowest BCUT2D eigenvalue weighted by Gasteiger charge is -2.27. The number of rotatable bonds is 2. The van der Waals surface area contributed by atoms with E-state index >= 15 is 0 Å². The molecule has 0 atom stereocenters. The molecule has 21 heavy (non-hydrogen) atoms. The SMILES string of the molecule is FC(F)(F)c1ccc2cc(CN3CCNCC3)cnc2c1. The zero-order valence-corrected chi connectivity index (χ0v) is 11.5. The van der Waals surface area contributed by atoms with Gasteiger partial charge in [-0.1, -0.05) is 6.07 Å². The van der Waals surface area contributed by atoms with Crippen molar-refractivity contribution in [3.63, 3.8) is 0 Å². The highest BCUT2D eigenvalue weighted by Crippen LogP contribution is 2.31. The van der Waals surface area contributed by atoms with E-state index in [1.54, 1.807) is 6.20 Å². The lowest BCUT2D eigenvalue weighted by Crippen LogP contribution is -2.42. The molecule has 1 aliphatic heterocycles. The fourth-order valence-corrected chi connectivity index (χ4v) is 2.56. The van der Waals surface area contributed by atoms with Crippen LogP contribution in [0.2, 0.25) is 0 Å². The van der Waals surface area contributed by atoms with Gasteiger partial charge in [0.15, 0.2) is 0 Å². The van der Waals surface area contributed by atoms with Gasteiger partial charge >= 0.3 is 6.18 Å². The molecule has 1 fully saturated rings. The first kappa shape index (κ1) is 14.3. The van der Waals surface area contributed by atoms with Gasteiger partial charge in [-0.25, -0.2) is 0 Å². The summed E-state index contributed by atoms with van der Waals surface area (Å²) in [6.45, 7) is 4.67. The zero-order chi connectivity index (χ0) is 14.9. The number of benzene rings is 1. The second-order valence-electron chi connectivity index (χ2n) is 5.27. The summed E-state index contributed by atoms with van der Waals surface area (Å²) in [7, 11) is 0. The van der Waals surface area contributed by atoms with Crippen molar-refractivity contribution in [2.75, 3.05) is 26.2 Å². The summed E-state index contributed by atoms with van der Waals surface area (Å²) < 4.78 is 38.0. The normalized spacial score (nSPS) is 17.3. The Hall–Kier alpha value is -1.66. The summed E-state index contributed by atoms with van der Waals surface area (Å²) in [6, 6.07) is 5.62. The summed E-state index contributed by atoms with van der Waals surface area (Å²) in [6.07, 6.45) is -2.65. The van der Waals surface area contributed by atoms with Crippen molar-refractivity contribution in [2.45, 2.75) is 12.7 Å². The first-order valence-electron chi connectivity index (χ1n) is 6.91. The molecule has 0 amide bonds. The molecule has 0 radical (unpaired) electrons. The van der Waals surface area contributed by atoms with E-state index in [-0.39, 0.29) is 0 Å². The predicted octanol–water partition coefficient (Wildman–Crippen LogP) is 2.66. The Morgan fingerprint density at radius 3 is 2.62 bits per heavy atom. The van der Waals surface area contributed by atoms with Crippen LogP contribution >= 0.6 is 0 Å². The Bertz CT molecular complexity index is 634. The van der Waals surface area contributed by atoms with Crippen LogP contribution in [0.1, 0.15) is 11.1 Å². The first-order chi connectivity index (χ1) is 10.0. The molecule has 1 aromatic carbocycles. The van der Waals surface area contributed by atoms with Crippen LogP contribution in [-0.2, 0) is 12.7 Å².